The van der Waals surface area contributed by atoms with E-state index in [0.29, 0.717) is 19.3 Å². The molecule has 1 rings (SSSR count). The van der Waals surface area contributed by atoms with E-state index in [1.54, 1.807) is 6.92 Å². The monoisotopic (exact) mass is 350 g/mol. The molecule has 0 aromatic carbocycles. The van der Waals surface area contributed by atoms with Gasteiger partial charge < -0.3 is 9.84 Å². The Kier molecular flexibility index (Phi) is 8.95. The number of carbonyl (C=O) groups is 2. The van der Waals surface area contributed by atoms with Gasteiger partial charge in [0.1, 0.15) is 0 Å². The molecule has 142 valence electrons. The molecule has 0 aromatic heterocycles. The second kappa shape index (κ2) is 10.4. The number of allylic oxidation sites excluding steroid dienone is 4. The average molecular weight is 350 g/mol. The summed E-state index contributed by atoms with van der Waals surface area (Å²) in [5.74, 6) is -1.16. The lowest BCUT2D eigenvalue weighted by Gasteiger charge is -2.33. The molecule has 0 spiro atoms. The third-order valence-electron chi connectivity index (χ3n) is 4.97. The van der Waals surface area contributed by atoms with E-state index in [1.807, 2.05) is 6.92 Å². The normalized spacial score (nSPS) is 19.5. The highest BCUT2D eigenvalue weighted by Crippen LogP contribution is 2.35. The van der Waals surface area contributed by atoms with E-state index in [2.05, 4.69) is 26.0 Å². The number of hydrogen-bond donors (Lipinski definition) is 1. The van der Waals surface area contributed by atoms with Crippen molar-refractivity contribution in [3.05, 3.63) is 23.3 Å². The van der Waals surface area contributed by atoms with Gasteiger partial charge >= 0.3 is 11.9 Å². The molecule has 1 aliphatic rings. The van der Waals surface area contributed by atoms with Crippen molar-refractivity contribution in [3.8, 4) is 0 Å². The van der Waals surface area contributed by atoms with Crippen LogP contribution in [0.3, 0.4) is 0 Å². The van der Waals surface area contributed by atoms with E-state index in [1.165, 1.54) is 11.1 Å². The third-order valence-corrected chi connectivity index (χ3v) is 4.97. The van der Waals surface area contributed by atoms with Gasteiger partial charge in [-0.25, -0.2) is 4.79 Å². The number of aliphatic carboxylic acids is 1. The van der Waals surface area contributed by atoms with Crippen molar-refractivity contribution in [1.29, 1.82) is 0 Å². The van der Waals surface area contributed by atoms with Crippen molar-refractivity contribution < 1.29 is 19.4 Å². The summed E-state index contributed by atoms with van der Waals surface area (Å²) in [5.41, 5.74) is 1.44. The minimum absolute atomic E-state index is 0.262. The van der Waals surface area contributed by atoms with Crippen molar-refractivity contribution >= 4 is 11.9 Å². The Bertz CT molecular complexity index is 514. The minimum Gasteiger partial charge on any atom is -0.478 e. The first-order valence-corrected chi connectivity index (χ1v) is 9.59. The van der Waals surface area contributed by atoms with Crippen molar-refractivity contribution in [2.45, 2.75) is 91.1 Å². The standard InChI is InChI=1S/C21H34O4/c1-5-8-19(22)25-21(6-2,20(23)24)15-18-13-11-17(12-14-18)10-7-9-16(3)4/h9,11,18H,5-8,10,12-15H2,1-4H3,(H,23,24). The topological polar surface area (TPSA) is 63.6 Å². The minimum atomic E-state index is -1.37. The smallest absolute Gasteiger partial charge is 0.348 e. The highest BCUT2D eigenvalue weighted by Gasteiger charge is 2.42. The Morgan fingerprint density at radius 1 is 1.36 bits per heavy atom. The lowest BCUT2D eigenvalue weighted by Crippen LogP contribution is -2.44. The molecule has 0 amide bonds. The van der Waals surface area contributed by atoms with Gasteiger partial charge in [0.15, 0.2) is 0 Å². The molecule has 0 radical (unpaired) electrons. The molecule has 1 aliphatic carbocycles. The van der Waals surface area contributed by atoms with Crippen LogP contribution in [0.5, 0.6) is 0 Å². The maximum Gasteiger partial charge on any atom is 0.348 e. The van der Waals surface area contributed by atoms with E-state index in [0.717, 1.165) is 32.1 Å². The first-order valence-electron chi connectivity index (χ1n) is 9.59. The van der Waals surface area contributed by atoms with Crippen LogP contribution in [0.1, 0.15) is 85.5 Å². The lowest BCUT2D eigenvalue weighted by molar-refractivity contribution is -0.181. The fourth-order valence-electron chi connectivity index (χ4n) is 3.38. The van der Waals surface area contributed by atoms with Crippen LogP contribution in [0.4, 0.5) is 0 Å². The highest BCUT2D eigenvalue weighted by atomic mass is 16.6. The van der Waals surface area contributed by atoms with Gasteiger partial charge in [0.25, 0.3) is 0 Å². The summed E-state index contributed by atoms with van der Waals surface area (Å²) in [5, 5.41) is 9.69. The van der Waals surface area contributed by atoms with Crippen LogP contribution in [0, 0.1) is 5.92 Å². The summed E-state index contributed by atoms with van der Waals surface area (Å²) in [6.45, 7) is 7.90. The zero-order chi connectivity index (χ0) is 18.9. The Morgan fingerprint density at radius 3 is 2.56 bits per heavy atom. The summed E-state index contributed by atoms with van der Waals surface area (Å²) >= 11 is 0. The number of rotatable bonds is 10. The Labute approximate surface area is 152 Å². The Hall–Kier alpha value is -1.58. The Balaban J connectivity index is 2.67. The van der Waals surface area contributed by atoms with Gasteiger partial charge in [-0.05, 0) is 64.7 Å². The predicted molar refractivity (Wildman–Crippen MR) is 100 cm³/mol. The highest BCUT2D eigenvalue weighted by molar-refractivity contribution is 5.82. The molecule has 25 heavy (non-hydrogen) atoms. The molecule has 0 bridgehead atoms. The van der Waals surface area contributed by atoms with Crippen LogP contribution in [-0.2, 0) is 14.3 Å². The summed E-state index contributed by atoms with van der Waals surface area (Å²) in [4.78, 5) is 23.7. The SMILES string of the molecule is CCCC(=O)OC(CC)(CC1CC=C(CCC=C(C)C)CC1)C(=O)O. The summed E-state index contributed by atoms with van der Waals surface area (Å²) in [7, 11) is 0. The van der Waals surface area contributed by atoms with Crippen LogP contribution >= 0.6 is 0 Å². The lowest BCUT2D eigenvalue weighted by atomic mass is 9.79. The molecule has 0 aliphatic heterocycles. The second-order valence-electron chi connectivity index (χ2n) is 7.40. The van der Waals surface area contributed by atoms with Crippen LogP contribution < -0.4 is 0 Å². The predicted octanol–water partition coefficient (Wildman–Crippen LogP) is 5.43. The molecular weight excluding hydrogens is 316 g/mol. The number of carboxylic acids is 1. The van der Waals surface area contributed by atoms with Crippen molar-refractivity contribution in [2.75, 3.05) is 0 Å². The quantitative estimate of drug-likeness (QED) is 0.422. The summed E-state index contributed by atoms with van der Waals surface area (Å²) < 4.78 is 5.44. The third kappa shape index (κ3) is 7.05. The van der Waals surface area contributed by atoms with Crippen molar-refractivity contribution in [2.24, 2.45) is 5.92 Å². The first-order chi connectivity index (χ1) is 11.8. The first kappa shape index (κ1) is 21.5. The van der Waals surface area contributed by atoms with E-state index >= 15 is 0 Å². The molecule has 2 atom stereocenters. The van der Waals surface area contributed by atoms with Crippen LogP contribution in [0.25, 0.3) is 0 Å². The van der Waals surface area contributed by atoms with E-state index < -0.39 is 17.5 Å². The maximum atomic E-state index is 11.9. The number of carboxylic acid groups (broad SMARTS) is 1. The van der Waals surface area contributed by atoms with E-state index in [-0.39, 0.29) is 12.3 Å². The molecule has 0 heterocycles. The van der Waals surface area contributed by atoms with Crippen LogP contribution in [0.15, 0.2) is 23.3 Å². The van der Waals surface area contributed by atoms with Gasteiger partial charge in [-0.15, -0.1) is 0 Å². The fourth-order valence-corrected chi connectivity index (χ4v) is 3.38. The maximum absolute atomic E-state index is 11.9. The molecule has 0 fully saturated rings. The Morgan fingerprint density at radius 2 is 2.08 bits per heavy atom. The molecule has 0 saturated carbocycles. The van der Waals surface area contributed by atoms with E-state index in [4.69, 9.17) is 4.74 Å². The zero-order valence-electron chi connectivity index (χ0n) is 16.3. The molecule has 2 unspecified atom stereocenters. The number of esters is 1. The van der Waals surface area contributed by atoms with Gasteiger partial charge in [0, 0.05) is 12.8 Å². The van der Waals surface area contributed by atoms with Crippen LogP contribution in [0.2, 0.25) is 0 Å². The van der Waals surface area contributed by atoms with E-state index in [9.17, 15) is 14.7 Å². The van der Waals surface area contributed by atoms with Gasteiger partial charge in [0.2, 0.25) is 5.60 Å². The van der Waals surface area contributed by atoms with Crippen molar-refractivity contribution in [1.82, 2.24) is 0 Å². The molecule has 4 nitrogen and oxygen atoms in total. The van der Waals surface area contributed by atoms with Crippen molar-refractivity contribution in [3.63, 3.8) is 0 Å². The number of carbonyl (C=O) groups excluding carboxylic acids is 1. The van der Waals surface area contributed by atoms with Gasteiger partial charge in [-0.3, -0.25) is 4.79 Å². The van der Waals surface area contributed by atoms with Crippen LogP contribution in [-0.4, -0.2) is 22.6 Å². The molecule has 1 N–H and O–H groups in total. The molecule has 0 aromatic rings. The fraction of sp³-hybridized carbons (Fsp3) is 0.714. The molecule has 0 saturated heterocycles. The average Bonchev–Trinajstić information content (AvgIpc) is 2.55. The largest absolute Gasteiger partial charge is 0.478 e. The van der Waals surface area contributed by atoms with Gasteiger partial charge in [0.05, 0.1) is 0 Å². The molecule has 4 heteroatoms. The van der Waals surface area contributed by atoms with Gasteiger partial charge in [-0.1, -0.05) is 37.1 Å². The number of ether oxygens (including phenoxy) is 1. The van der Waals surface area contributed by atoms with Gasteiger partial charge in [-0.2, -0.15) is 0 Å². The summed E-state index contributed by atoms with van der Waals surface area (Å²) in [6, 6.07) is 0. The number of hydrogen-bond acceptors (Lipinski definition) is 3. The summed E-state index contributed by atoms with van der Waals surface area (Å²) in [6.07, 6.45) is 11.2. The zero-order valence-corrected chi connectivity index (χ0v) is 16.3. The second-order valence-corrected chi connectivity index (χ2v) is 7.40. The molecular formula is C21H34O4.